The molecule has 21 heavy (non-hydrogen) atoms. The molecule has 6 heteroatoms. The van der Waals surface area contributed by atoms with Gasteiger partial charge in [-0.15, -0.1) is 0 Å². The minimum Gasteiger partial charge on any atom is -0.508 e. The van der Waals surface area contributed by atoms with Crippen LogP contribution in [0.2, 0.25) is 0 Å². The van der Waals surface area contributed by atoms with Gasteiger partial charge >= 0.3 is 0 Å². The molecule has 6 nitrogen and oxygen atoms in total. The van der Waals surface area contributed by atoms with Crippen LogP contribution in [0.4, 0.5) is 11.5 Å². The van der Waals surface area contributed by atoms with Gasteiger partial charge in [-0.05, 0) is 24.1 Å². The molecule has 4 N–H and O–H groups in total. The molecule has 2 aromatic rings. The van der Waals surface area contributed by atoms with Crippen molar-refractivity contribution in [2.24, 2.45) is 5.92 Å². The van der Waals surface area contributed by atoms with Gasteiger partial charge in [-0.1, -0.05) is 13.8 Å². The second kappa shape index (κ2) is 6.30. The summed E-state index contributed by atoms with van der Waals surface area (Å²) in [5.41, 5.74) is 6.69. The summed E-state index contributed by atoms with van der Waals surface area (Å²) in [4.78, 5) is 16.3. The average Bonchev–Trinajstić information content (AvgIpc) is 2.43. The number of phenolic OH excluding ortho intramolecular Hbond substituents is 1. The summed E-state index contributed by atoms with van der Waals surface area (Å²) in [5, 5.41) is 12.7. The predicted molar refractivity (Wildman–Crippen MR) is 83.2 cm³/mol. The molecule has 1 aromatic carbocycles. The second-order valence-electron chi connectivity index (χ2n) is 5.37. The molecule has 0 atom stereocenters. The summed E-state index contributed by atoms with van der Waals surface area (Å²) in [6.07, 6.45) is 3.26. The summed E-state index contributed by atoms with van der Waals surface area (Å²) < 4.78 is 1.62. The summed E-state index contributed by atoms with van der Waals surface area (Å²) in [5.74, 6) is 0.769. The molecule has 0 radical (unpaired) electrons. The van der Waals surface area contributed by atoms with Crippen LogP contribution >= 0.6 is 0 Å². The maximum atomic E-state index is 12.2. The fourth-order valence-electron chi connectivity index (χ4n) is 2.03. The molecule has 0 saturated heterocycles. The van der Waals surface area contributed by atoms with Crippen LogP contribution in [0.5, 0.6) is 5.75 Å². The molecule has 0 saturated carbocycles. The molecule has 0 fully saturated rings. The number of nitrogens with one attached hydrogen (secondary N) is 1. The van der Waals surface area contributed by atoms with E-state index in [4.69, 9.17) is 5.73 Å². The Kier molecular flexibility index (Phi) is 4.47. The molecular weight excluding hydrogens is 268 g/mol. The number of nitrogens with zero attached hydrogens (tertiary/aromatic N) is 2. The van der Waals surface area contributed by atoms with E-state index in [1.165, 1.54) is 6.07 Å². The van der Waals surface area contributed by atoms with E-state index in [2.05, 4.69) is 10.3 Å². The van der Waals surface area contributed by atoms with Gasteiger partial charge in [-0.2, -0.15) is 0 Å². The Balaban J connectivity index is 2.17. The molecule has 1 aromatic heterocycles. The van der Waals surface area contributed by atoms with E-state index in [0.717, 1.165) is 0 Å². The van der Waals surface area contributed by atoms with Gasteiger partial charge in [0.05, 0.1) is 0 Å². The van der Waals surface area contributed by atoms with Crippen molar-refractivity contribution in [3.63, 3.8) is 0 Å². The third kappa shape index (κ3) is 3.75. The van der Waals surface area contributed by atoms with Gasteiger partial charge in [0.2, 0.25) is 0 Å². The van der Waals surface area contributed by atoms with Gasteiger partial charge in [0, 0.05) is 36.7 Å². The molecular formula is C15H20N4O2. The Morgan fingerprint density at radius 1 is 1.43 bits per heavy atom. The van der Waals surface area contributed by atoms with E-state index >= 15 is 0 Å². The van der Waals surface area contributed by atoms with E-state index in [1.54, 1.807) is 29.1 Å². The van der Waals surface area contributed by atoms with E-state index in [1.807, 2.05) is 13.8 Å². The third-order valence-electron chi connectivity index (χ3n) is 3.03. The Morgan fingerprint density at radius 2 is 2.19 bits per heavy atom. The zero-order valence-electron chi connectivity index (χ0n) is 12.2. The van der Waals surface area contributed by atoms with Crippen LogP contribution in [0, 0.1) is 5.92 Å². The first-order valence-corrected chi connectivity index (χ1v) is 6.84. The maximum Gasteiger partial charge on any atom is 0.293 e. The minimum atomic E-state index is -0.172. The number of nitrogens with two attached hydrogens (primary N) is 1. The van der Waals surface area contributed by atoms with Crippen molar-refractivity contribution in [2.75, 3.05) is 11.1 Å². The normalized spacial score (nSPS) is 10.8. The lowest BCUT2D eigenvalue weighted by Crippen LogP contribution is -2.25. The lowest BCUT2D eigenvalue weighted by molar-refractivity contribution is 0.469. The predicted octanol–water partition coefficient (Wildman–Crippen LogP) is 1.80. The van der Waals surface area contributed by atoms with Crippen LogP contribution < -0.4 is 16.6 Å². The van der Waals surface area contributed by atoms with Gasteiger partial charge in [-0.25, -0.2) is 4.98 Å². The molecule has 0 amide bonds. The molecule has 0 aliphatic carbocycles. The van der Waals surface area contributed by atoms with Crippen LogP contribution in [0.25, 0.3) is 0 Å². The monoisotopic (exact) mass is 288 g/mol. The Bertz CT molecular complexity index is 680. The van der Waals surface area contributed by atoms with Crippen LogP contribution in [-0.4, -0.2) is 14.7 Å². The first kappa shape index (κ1) is 14.9. The topological polar surface area (TPSA) is 93.2 Å². The largest absolute Gasteiger partial charge is 0.508 e. The number of anilines is 2. The highest BCUT2D eigenvalue weighted by molar-refractivity contribution is 5.48. The number of phenols is 1. The summed E-state index contributed by atoms with van der Waals surface area (Å²) in [6, 6.07) is 4.81. The number of aromatic nitrogens is 2. The molecule has 2 rings (SSSR count). The quantitative estimate of drug-likeness (QED) is 0.576. The number of hydrogen-bond acceptors (Lipinski definition) is 5. The van der Waals surface area contributed by atoms with E-state index in [-0.39, 0.29) is 23.7 Å². The van der Waals surface area contributed by atoms with E-state index in [0.29, 0.717) is 23.7 Å². The van der Waals surface area contributed by atoms with Crippen LogP contribution in [0.1, 0.15) is 19.4 Å². The minimum absolute atomic E-state index is 0.134. The number of benzene rings is 1. The smallest absolute Gasteiger partial charge is 0.293 e. The highest BCUT2D eigenvalue weighted by Gasteiger charge is 2.07. The summed E-state index contributed by atoms with van der Waals surface area (Å²) in [7, 11) is 0. The van der Waals surface area contributed by atoms with Crippen molar-refractivity contribution < 1.29 is 5.11 Å². The molecule has 112 valence electrons. The zero-order valence-corrected chi connectivity index (χ0v) is 12.2. The molecule has 0 bridgehead atoms. The van der Waals surface area contributed by atoms with E-state index in [9.17, 15) is 9.90 Å². The summed E-state index contributed by atoms with van der Waals surface area (Å²) >= 11 is 0. The first-order valence-electron chi connectivity index (χ1n) is 6.84. The van der Waals surface area contributed by atoms with Gasteiger partial charge in [0.1, 0.15) is 5.75 Å². The van der Waals surface area contributed by atoms with Crippen LogP contribution in [0.3, 0.4) is 0 Å². The fraction of sp³-hybridized carbons (Fsp3) is 0.333. The maximum absolute atomic E-state index is 12.2. The SMILES string of the molecule is CC(C)Cn1ccnc(NCc2cc(N)ccc2O)c1=O. The van der Waals surface area contributed by atoms with Crippen molar-refractivity contribution in [3.05, 3.63) is 46.5 Å². The molecule has 0 spiro atoms. The molecule has 1 heterocycles. The fourth-order valence-corrected chi connectivity index (χ4v) is 2.03. The van der Waals surface area contributed by atoms with Gasteiger partial charge < -0.3 is 20.7 Å². The highest BCUT2D eigenvalue weighted by atomic mass is 16.3. The third-order valence-corrected chi connectivity index (χ3v) is 3.03. The Morgan fingerprint density at radius 3 is 2.90 bits per heavy atom. The van der Waals surface area contributed by atoms with Crippen molar-refractivity contribution in [1.82, 2.24) is 9.55 Å². The standard InChI is InChI=1S/C15H20N4O2/c1-10(2)9-19-6-5-17-14(15(19)21)18-8-11-7-12(16)3-4-13(11)20/h3-7,10,20H,8-9,16H2,1-2H3,(H,17,18). The highest BCUT2D eigenvalue weighted by Crippen LogP contribution is 2.20. The number of nitrogen functional groups attached to an aromatic ring is 1. The molecule has 0 unspecified atom stereocenters. The van der Waals surface area contributed by atoms with Crippen molar-refractivity contribution in [3.8, 4) is 5.75 Å². The van der Waals surface area contributed by atoms with Crippen molar-refractivity contribution in [2.45, 2.75) is 26.9 Å². The number of hydrogen-bond donors (Lipinski definition) is 3. The molecule has 0 aliphatic heterocycles. The van der Waals surface area contributed by atoms with Gasteiger partial charge in [0.25, 0.3) is 5.56 Å². The van der Waals surface area contributed by atoms with Crippen LogP contribution in [-0.2, 0) is 13.1 Å². The number of aromatic hydroxyl groups is 1. The Hall–Kier alpha value is -2.50. The summed E-state index contributed by atoms with van der Waals surface area (Å²) in [6.45, 7) is 5.01. The van der Waals surface area contributed by atoms with Gasteiger partial charge in [0.15, 0.2) is 5.82 Å². The first-order chi connectivity index (χ1) is 9.97. The average molecular weight is 288 g/mol. The van der Waals surface area contributed by atoms with Crippen molar-refractivity contribution >= 4 is 11.5 Å². The second-order valence-corrected chi connectivity index (χ2v) is 5.37. The lowest BCUT2D eigenvalue weighted by atomic mass is 10.2. The van der Waals surface area contributed by atoms with Gasteiger partial charge in [-0.3, -0.25) is 4.79 Å². The van der Waals surface area contributed by atoms with E-state index < -0.39 is 0 Å². The molecule has 0 aliphatic rings. The van der Waals surface area contributed by atoms with Crippen LogP contribution in [0.15, 0.2) is 35.4 Å². The number of rotatable bonds is 5. The zero-order chi connectivity index (χ0) is 15.4. The lowest BCUT2D eigenvalue weighted by Gasteiger charge is -2.11. The van der Waals surface area contributed by atoms with Crippen molar-refractivity contribution in [1.29, 1.82) is 0 Å². The Labute approximate surface area is 123 Å².